The molecule has 1 aliphatic carbocycles. The molecule has 0 spiro atoms. The van der Waals surface area contributed by atoms with Gasteiger partial charge in [-0.25, -0.2) is 10.0 Å². The third-order valence-electron chi connectivity index (χ3n) is 5.23. The van der Waals surface area contributed by atoms with Crippen molar-refractivity contribution >= 4 is 17.9 Å². The third kappa shape index (κ3) is 2.44. The highest BCUT2D eigenvalue weighted by molar-refractivity contribution is 5.87. The number of nitriles is 2. The SMILES string of the molecule is N#CC(C#N)CC1CCC(C2=C3c4cc[nH]c4N=CN3NN2)CC1. The first-order valence-corrected chi connectivity index (χ1v) is 8.36. The van der Waals surface area contributed by atoms with Gasteiger partial charge in [0.2, 0.25) is 0 Å². The van der Waals surface area contributed by atoms with Crippen molar-refractivity contribution in [2.24, 2.45) is 22.7 Å². The second-order valence-electron chi connectivity index (χ2n) is 6.62. The standard InChI is InChI=1S/C17H19N7/c18-8-12(9-19)7-11-1-3-13(4-2-11)15-16-14-5-6-20-17(14)21-10-24(16)23-22-15/h5-6,10-13,20,22-23H,1-4,7H2. The number of aromatic nitrogens is 1. The molecule has 0 bridgehead atoms. The van der Waals surface area contributed by atoms with E-state index in [0.717, 1.165) is 42.8 Å². The van der Waals surface area contributed by atoms with Crippen LogP contribution in [0.15, 0.2) is 23.0 Å². The normalized spacial score (nSPS) is 25.0. The second-order valence-corrected chi connectivity index (χ2v) is 6.62. The summed E-state index contributed by atoms with van der Waals surface area (Å²) >= 11 is 0. The van der Waals surface area contributed by atoms with Gasteiger partial charge in [0.05, 0.1) is 23.5 Å². The van der Waals surface area contributed by atoms with Crippen molar-refractivity contribution in [1.29, 1.82) is 10.5 Å². The Morgan fingerprint density at radius 1 is 1.25 bits per heavy atom. The summed E-state index contributed by atoms with van der Waals surface area (Å²) in [5.41, 5.74) is 9.96. The van der Waals surface area contributed by atoms with Gasteiger partial charge in [0.1, 0.15) is 18.1 Å². The van der Waals surface area contributed by atoms with Gasteiger partial charge >= 0.3 is 0 Å². The summed E-state index contributed by atoms with van der Waals surface area (Å²) in [7, 11) is 0. The maximum absolute atomic E-state index is 8.96. The van der Waals surface area contributed by atoms with Crippen LogP contribution in [0.5, 0.6) is 0 Å². The van der Waals surface area contributed by atoms with Crippen LogP contribution in [-0.4, -0.2) is 16.3 Å². The summed E-state index contributed by atoms with van der Waals surface area (Å²) in [6.45, 7) is 0. The van der Waals surface area contributed by atoms with Gasteiger partial charge in [-0.05, 0) is 44.1 Å². The van der Waals surface area contributed by atoms with Crippen LogP contribution in [0, 0.1) is 40.4 Å². The number of aliphatic imine (C=N–C) groups is 1. The molecule has 3 aliphatic rings. The zero-order valence-electron chi connectivity index (χ0n) is 13.3. The maximum Gasteiger partial charge on any atom is 0.141 e. The van der Waals surface area contributed by atoms with Crippen molar-refractivity contribution in [3.8, 4) is 12.1 Å². The monoisotopic (exact) mass is 321 g/mol. The topological polar surface area (TPSA) is 103 Å². The number of H-pyrrole nitrogens is 1. The second kappa shape index (κ2) is 6.03. The Bertz CT molecular complexity index is 754. The number of aromatic amines is 1. The van der Waals surface area contributed by atoms with Crippen LogP contribution in [0.25, 0.3) is 5.70 Å². The molecule has 0 aromatic carbocycles. The smallest absolute Gasteiger partial charge is 0.141 e. The van der Waals surface area contributed by atoms with Gasteiger partial charge in [-0.15, -0.1) is 5.53 Å². The Kier molecular flexibility index (Phi) is 3.72. The first-order chi connectivity index (χ1) is 11.8. The molecule has 0 amide bonds. The zero-order valence-corrected chi connectivity index (χ0v) is 13.3. The van der Waals surface area contributed by atoms with Gasteiger partial charge in [-0.2, -0.15) is 10.5 Å². The van der Waals surface area contributed by atoms with E-state index in [4.69, 9.17) is 10.5 Å². The van der Waals surface area contributed by atoms with Gasteiger partial charge in [0, 0.05) is 17.7 Å². The summed E-state index contributed by atoms with van der Waals surface area (Å²) in [5, 5.41) is 19.9. The fourth-order valence-corrected chi connectivity index (χ4v) is 3.95. The van der Waals surface area contributed by atoms with Crippen molar-refractivity contribution in [2.45, 2.75) is 32.1 Å². The summed E-state index contributed by atoms with van der Waals surface area (Å²) in [6, 6.07) is 6.24. The average Bonchev–Trinajstić information content (AvgIpc) is 3.26. The highest BCUT2D eigenvalue weighted by atomic mass is 15.7. The van der Waals surface area contributed by atoms with Crippen molar-refractivity contribution in [3.05, 3.63) is 23.5 Å². The van der Waals surface area contributed by atoms with Crippen molar-refractivity contribution < 1.29 is 0 Å². The van der Waals surface area contributed by atoms with Gasteiger partial charge in [-0.3, -0.25) is 0 Å². The number of fused-ring (bicyclic) bond motifs is 3. The van der Waals surface area contributed by atoms with Crippen LogP contribution in [-0.2, 0) is 0 Å². The summed E-state index contributed by atoms with van der Waals surface area (Å²) < 4.78 is 0. The first kappa shape index (κ1) is 14.8. The minimum absolute atomic E-state index is 0.464. The van der Waals surface area contributed by atoms with Gasteiger partial charge in [0.15, 0.2) is 0 Å². The molecule has 3 N–H and O–H groups in total. The van der Waals surface area contributed by atoms with E-state index in [9.17, 15) is 0 Å². The lowest BCUT2D eigenvalue weighted by Gasteiger charge is -2.29. The van der Waals surface area contributed by atoms with Crippen LogP contribution >= 0.6 is 0 Å². The summed E-state index contributed by atoms with van der Waals surface area (Å²) in [6.07, 6.45) is 8.69. The lowest BCUT2D eigenvalue weighted by atomic mass is 9.77. The molecular weight excluding hydrogens is 302 g/mol. The molecule has 0 atom stereocenters. The summed E-state index contributed by atoms with van der Waals surface area (Å²) in [5.74, 6) is 1.37. The Hall–Kier alpha value is -2.77. The van der Waals surface area contributed by atoms with Crippen molar-refractivity contribution in [3.63, 3.8) is 0 Å². The Labute approximate surface area is 140 Å². The third-order valence-corrected chi connectivity index (χ3v) is 5.23. The van der Waals surface area contributed by atoms with Gasteiger partial charge in [0.25, 0.3) is 0 Å². The van der Waals surface area contributed by atoms with Crippen molar-refractivity contribution in [1.82, 2.24) is 21.0 Å². The highest BCUT2D eigenvalue weighted by Crippen LogP contribution is 2.41. The fraction of sp³-hybridized carbons (Fsp3) is 0.471. The molecular formula is C17H19N7. The number of nitrogens with one attached hydrogen (secondary N) is 3. The largest absolute Gasteiger partial charge is 0.346 e. The van der Waals surface area contributed by atoms with E-state index in [1.807, 2.05) is 11.2 Å². The van der Waals surface area contributed by atoms with Crippen LogP contribution in [0.2, 0.25) is 0 Å². The van der Waals surface area contributed by atoms with E-state index in [1.54, 1.807) is 6.34 Å². The molecule has 1 saturated carbocycles. The van der Waals surface area contributed by atoms with Gasteiger partial charge in [-0.1, -0.05) is 0 Å². The molecule has 7 nitrogen and oxygen atoms in total. The van der Waals surface area contributed by atoms with Crippen LogP contribution in [0.1, 0.15) is 37.7 Å². The number of nitrogens with zero attached hydrogens (tertiary/aromatic N) is 4. The molecule has 3 heterocycles. The number of hydrogen-bond donors (Lipinski definition) is 3. The van der Waals surface area contributed by atoms with E-state index in [0.29, 0.717) is 18.3 Å². The van der Waals surface area contributed by atoms with E-state index < -0.39 is 5.92 Å². The average molecular weight is 321 g/mol. The molecule has 4 rings (SSSR count). The quantitative estimate of drug-likeness (QED) is 0.794. The Morgan fingerprint density at radius 3 is 2.79 bits per heavy atom. The molecule has 7 heteroatoms. The Morgan fingerprint density at radius 2 is 2.04 bits per heavy atom. The van der Waals surface area contributed by atoms with Crippen LogP contribution in [0.4, 0.5) is 5.82 Å². The highest BCUT2D eigenvalue weighted by Gasteiger charge is 2.34. The minimum atomic E-state index is -0.465. The summed E-state index contributed by atoms with van der Waals surface area (Å²) in [4.78, 5) is 7.55. The predicted molar refractivity (Wildman–Crippen MR) is 88.8 cm³/mol. The van der Waals surface area contributed by atoms with E-state index >= 15 is 0 Å². The molecule has 2 aliphatic heterocycles. The Balaban J connectivity index is 1.49. The number of hydrogen-bond acceptors (Lipinski definition) is 6. The molecule has 0 unspecified atom stereocenters. The molecule has 1 aromatic rings. The zero-order chi connectivity index (χ0) is 16.5. The number of rotatable bonds is 3. The van der Waals surface area contributed by atoms with Crippen molar-refractivity contribution in [2.75, 3.05) is 0 Å². The van der Waals surface area contributed by atoms with E-state index in [-0.39, 0.29) is 0 Å². The van der Waals surface area contributed by atoms with E-state index in [2.05, 4.69) is 39.1 Å². The first-order valence-electron chi connectivity index (χ1n) is 8.36. The molecule has 1 fully saturated rings. The van der Waals surface area contributed by atoms with Crippen LogP contribution < -0.4 is 11.0 Å². The molecule has 0 radical (unpaired) electrons. The molecule has 1 aromatic heterocycles. The van der Waals surface area contributed by atoms with Crippen LogP contribution in [0.3, 0.4) is 0 Å². The lowest BCUT2D eigenvalue weighted by molar-refractivity contribution is 0.271. The minimum Gasteiger partial charge on any atom is -0.346 e. The van der Waals surface area contributed by atoms with Gasteiger partial charge < -0.3 is 10.4 Å². The molecule has 0 saturated heterocycles. The molecule has 24 heavy (non-hydrogen) atoms. The van der Waals surface area contributed by atoms with E-state index in [1.165, 1.54) is 5.70 Å². The lowest BCUT2D eigenvalue weighted by Crippen LogP contribution is -2.38. The fourth-order valence-electron chi connectivity index (χ4n) is 3.95. The number of hydrazine groups is 2. The number of allylic oxidation sites excluding steroid dienone is 1. The molecule has 122 valence electrons. The maximum atomic E-state index is 8.96. The predicted octanol–water partition coefficient (Wildman–Crippen LogP) is 2.54.